The van der Waals surface area contributed by atoms with E-state index in [0.717, 1.165) is 24.3 Å². The summed E-state index contributed by atoms with van der Waals surface area (Å²) in [7, 11) is 0. The fraction of sp³-hybridized carbons (Fsp3) is 0.261. The molecule has 3 N–H and O–H groups in total. The molecule has 1 amide bonds. The van der Waals surface area contributed by atoms with Crippen LogP contribution in [0.15, 0.2) is 47.3 Å². The third kappa shape index (κ3) is 4.51. The van der Waals surface area contributed by atoms with Crippen molar-refractivity contribution in [3.63, 3.8) is 0 Å². The van der Waals surface area contributed by atoms with E-state index in [-0.39, 0.29) is 17.5 Å². The number of benzene rings is 2. The zero-order valence-corrected chi connectivity index (χ0v) is 17.3. The van der Waals surface area contributed by atoms with E-state index >= 15 is 0 Å². The number of anilines is 2. The molecule has 1 heterocycles. The lowest BCUT2D eigenvalue weighted by Gasteiger charge is -2.22. The van der Waals surface area contributed by atoms with Gasteiger partial charge in [-0.2, -0.15) is 0 Å². The van der Waals surface area contributed by atoms with Crippen molar-refractivity contribution >= 4 is 34.2 Å². The number of carboxylic acids is 1. The first-order chi connectivity index (χ1) is 14.3. The molecule has 3 rings (SSSR count). The molecule has 1 aromatic heterocycles. The Kier molecular flexibility index (Phi) is 6.20. The van der Waals surface area contributed by atoms with Crippen LogP contribution in [0.4, 0.5) is 11.4 Å². The number of amides is 1. The van der Waals surface area contributed by atoms with Crippen LogP contribution in [0.2, 0.25) is 0 Å². The summed E-state index contributed by atoms with van der Waals surface area (Å²) >= 11 is 0. The van der Waals surface area contributed by atoms with Gasteiger partial charge in [-0.05, 0) is 56.2 Å². The number of nitrogens with zero attached hydrogens (tertiary/aromatic N) is 1. The van der Waals surface area contributed by atoms with Gasteiger partial charge >= 0.3 is 5.97 Å². The van der Waals surface area contributed by atoms with E-state index in [2.05, 4.69) is 29.0 Å². The van der Waals surface area contributed by atoms with E-state index in [4.69, 9.17) is 5.11 Å². The first-order valence-electron chi connectivity index (χ1n) is 9.87. The van der Waals surface area contributed by atoms with Crippen molar-refractivity contribution in [3.05, 3.63) is 69.5 Å². The number of pyridine rings is 1. The lowest BCUT2D eigenvalue weighted by atomic mass is 10.1. The highest BCUT2D eigenvalue weighted by Gasteiger charge is 2.14. The number of aromatic amines is 1. The van der Waals surface area contributed by atoms with Crippen LogP contribution in [-0.4, -0.2) is 35.1 Å². The quantitative estimate of drug-likeness (QED) is 0.556. The van der Waals surface area contributed by atoms with Crippen LogP contribution in [0, 0.1) is 6.92 Å². The Morgan fingerprint density at radius 1 is 1.07 bits per heavy atom. The fourth-order valence-electron chi connectivity index (χ4n) is 3.48. The molecule has 0 atom stereocenters. The highest BCUT2D eigenvalue weighted by atomic mass is 16.4. The van der Waals surface area contributed by atoms with Gasteiger partial charge in [0.1, 0.15) is 5.69 Å². The summed E-state index contributed by atoms with van der Waals surface area (Å²) in [5, 5.41) is 12.1. The number of aromatic nitrogens is 1. The minimum atomic E-state index is -0.917. The van der Waals surface area contributed by atoms with Gasteiger partial charge in [0.25, 0.3) is 5.91 Å². The molecule has 0 bridgehead atoms. The van der Waals surface area contributed by atoms with E-state index in [1.165, 1.54) is 6.07 Å². The highest BCUT2D eigenvalue weighted by Crippen LogP contribution is 2.23. The molecule has 0 radical (unpaired) electrons. The van der Waals surface area contributed by atoms with Crippen molar-refractivity contribution in [2.45, 2.75) is 27.2 Å². The Bertz CT molecular complexity index is 1150. The summed E-state index contributed by atoms with van der Waals surface area (Å²) in [6.07, 6.45) is -0.0824. The molecular formula is C23H25N3O4. The minimum absolute atomic E-state index is 0.0824. The number of fused-ring (bicyclic) bond motifs is 1. The van der Waals surface area contributed by atoms with Gasteiger partial charge < -0.3 is 20.3 Å². The maximum atomic E-state index is 12.7. The molecule has 0 saturated heterocycles. The Morgan fingerprint density at radius 3 is 2.33 bits per heavy atom. The van der Waals surface area contributed by atoms with Gasteiger partial charge in [0.15, 0.2) is 5.43 Å². The second-order valence-electron chi connectivity index (χ2n) is 7.13. The van der Waals surface area contributed by atoms with E-state index in [1.54, 1.807) is 24.3 Å². The van der Waals surface area contributed by atoms with Crippen LogP contribution in [0.5, 0.6) is 0 Å². The maximum absolute atomic E-state index is 12.7. The average molecular weight is 407 g/mol. The molecule has 2 aromatic carbocycles. The molecule has 7 heteroatoms. The second-order valence-corrected chi connectivity index (χ2v) is 7.13. The van der Waals surface area contributed by atoms with Crippen molar-refractivity contribution < 1.29 is 14.7 Å². The van der Waals surface area contributed by atoms with Crippen LogP contribution in [-0.2, 0) is 11.2 Å². The minimum Gasteiger partial charge on any atom is -0.481 e. The zero-order valence-electron chi connectivity index (χ0n) is 17.3. The number of carbonyl (C=O) groups is 2. The highest BCUT2D eigenvalue weighted by molar-refractivity contribution is 6.04. The summed E-state index contributed by atoms with van der Waals surface area (Å²) in [5.41, 5.74) is 3.61. The van der Waals surface area contributed by atoms with E-state index in [1.807, 2.05) is 19.1 Å². The van der Waals surface area contributed by atoms with Crippen LogP contribution in [0.3, 0.4) is 0 Å². The summed E-state index contributed by atoms with van der Waals surface area (Å²) in [4.78, 5) is 41.4. The number of carbonyl (C=O) groups excluding carboxylic acids is 1. The standard InChI is InChI=1S/C23H25N3O4/c1-4-26(5-2)17-10-14(3)22-18(12-17)20(27)13-19(25-22)23(30)24-16-8-6-15(7-9-16)11-21(28)29/h6-10,12-13H,4-5,11H2,1-3H3,(H,24,30)(H,25,27)(H,28,29). The number of rotatable bonds is 7. The van der Waals surface area contributed by atoms with Crippen molar-refractivity contribution in [2.24, 2.45) is 0 Å². The molecular weight excluding hydrogens is 382 g/mol. The van der Waals surface area contributed by atoms with Crippen molar-refractivity contribution in [2.75, 3.05) is 23.3 Å². The third-order valence-corrected chi connectivity index (χ3v) is 5.06. The first kappa shape index (κ1) is 21.1. The first-order valence-corrected chi connectivity index (χ1v) is 9.87. The van der Waals surface area contributed by atoms with E-state index in [0.29, 0.717) is 22.2 Å². The predicted octanol–water partition coefficient (Wildman–Crippen LogP) is 3.56. The zero-order chi connectivity index (χ0) is 21.8. The van der Waals surface area contributed by atoms with Gasteiger partial charge in [0.2, 0.25) is 0 Å². The monoisotopic (exact) mass is 407 g/mol. The van der Waals surface area contributed by atoms with Crippen molar-refractivity contribution in [1.82, 2.24) is 4.98 Å². The number of nitrogens with one attached hydrogen (secondary N) is 2. The smallest absolute Gasteiger partial charge is 0.307 e. The van der Waals surface area contributed by atoms with E-state index < -0.39 is 11.9 Å². The Morgan fingerprint density at radius 2 is 1.73 bits per heavy atom. The Hall–Kier alpha value is -3.61. The largest absolute Gasteiger partial charge is 0.481 e. The molecule has 0 saturated carbocycles. The normalized spacial score (nSPS) is 10.8. The number of hydrogen-bond acceptors (Lipinski definition) is 4. The molecule has 7 nitrogen and oxygen atoms in total. The number of carboxylic acid groups (broad SMARTS) is 1. The maximum Gasteiger partial charge on any atom is 0.307 e. The molecule has 30 heavy (non-hydrogen) atoms. The van der Waals surface area contributed by atoms with Gasteiger partial charge in [-0.3, -0.25) is 14.4 Å². The number of aryl methyl sites for hydroxylation is 1. The molecule has 0 aliphatic carbocycles. The molecule has 0 fully saturated rings. The third-order valence-electron chi connectivity index (χ3n) is 5.06. The van der Waals surface area contributed by atoms with Crippen LogP contribution < -0.4 is 15.6 Å². The lowest BCUT2D eigenvalue weighted by Crippen LogP contribution is -2.22. The summed E-state index contributed by atoms with van der Waals surface area (Å²) in [6, 6.07) is 11.7. The Labute approximate surface area is 174 Å². The van der Waals surface area contributed by atoms with Crippen molar-refractivity contribution in [3.8, 4) is 0 Å². The van der Waals surface area contributed by atoms with Gasteiger partial charge in [0.05, 0.1) is 11.9 Å². The number of H-pyrrole nitrogens is 1. The predicted molar refractivity (Wildman–Crippen MR) is 119 cm³/mol. The fourth-order valence-corrected chi connectivity index (χ4v) is 3.48. The average Bonchev–Trinajstić information content (AvgIpc) is 2.70. The van der Waals surface area contributed by atoms with Gasteiger partial charge in [-0.1, -0.05) is 12.1 Å². The molecule has 0 aliphatic rings. The van der Waals surface area contributed by atoms with Gasteiger partial charge in [-0.25, -0.2) is 0 Å². The summed E-state index contributed by atoms with van der Waals surface area (Å²) in [6.45, 7) is 7.72. The topological polar surface area (TPSA) is 102 Å². The molecule has 0 spiro atoms. The second kappa shape index (κ2) is 8.82. The van der Waals surface area contributed by atoms with E-state index in [9.17, 15) is 14.4 Å². The lowest BCUT2D eigenvalue weighted by molar-refractivity contribution is -0.136. The van der Waals surface area contributed by atoms with Crippen molar-refractivity contribution in [1.29, 1.82) is 0 Å². The molecule has 0 unspecified atom stereocenters. The summed E-state index contributed by atoms with van der Waals surface area (Å²) in [5.74, 6) is -1.35. The van der Waals surface area contributed by atoms with Gasteiger partial charge in [-0.15, -0.1) is 0 Å². The summed E-state index contributed by atoms with van der Waals surface area (Å²) < 4.78 is 0. The number of hydrogen-bond donors (Lipinski definition) is 3. The van der Waals surface area contributed by atoms with Gasteiger partial charge in [0, 0.05) is 35.9 Å². The van der Waals surface area contributed by atoms with Crippen LogP contribution >= 0.6 is 0 Å². The van der Waals surface area contributed by atoms with Crippen LogP contribution in [0.1, 0.15) is 35.5 Å². The SMILES string of the molecule is CCN(CC)c1cc(C)c2[nH]c(C(=O)Nc3ccc(CC(=O)O)cc3)cc(=O)c2c1. The molecule has 156 valence electrons. The Balaban J connectivity index is 1.90. The number of aliphatic carboxylic acids is 1. The molecule has 0 aliphatic heterocycles. The van der Waals surface area contributed by atoms with Crippen LogP contribution in [0.25, 0.3) is 10.9 Å². The molecule has 3 aromatic rings.